The van der Waals surface area contributed by atoms with Gasteiger partial charge in [-0.05, 0) is 69.2 Å². The number of aliphatic hydroxyl groups is 1. The Kier molecular flexibility index (Phi) is 4.37. The van der Waals surface area contributed by atoms with Gasteiger partial charge in [0.2, 0.25) is 0 Å². The van der Waals surface area contributed by atoms with Crippen LogP contribution in [0.1, 0.15) is 38.5 Å². The summed E-state index contributed by atoms with van der Waals surface area (Å²) in [5.41, 5.74) is 0. The Morgan fingerprint density at radius 3 is 2.48 bits per heavy atom. The predicted molar refractivity (Wildman–Crippen MR) is 93.0 cm³/mol. The Morgan fingerprint density at radius 2 is 1.68 bits per heavy atom. The first-order valence-corrected chi connectivity index (χ1v) is 10.3. The molecule has 0 bridgehead atoms. The van der Waals surface area contributed by atoms with E-state index < -0.39 is 0 Å². The normalized spacial score (nSPS) is 55.8. The van der Waals surface area contributed by atoms with Crippen LogP contribution in [0.5, 0.6) is 0 Å². The maximum absolute atomic E-state index is 10.4. The standard InChI is InChI=1S/C20H33NO4/c1-21-9-15-12(5-6-16(22)20(15)23-2)13-4-3-11-7-17-18(25-10-24-17)8-14(11)19(13)21/h11-20,22H,3-10H2,1-2H3. The molecule has 2 saturated heterocycles. The van der Waals surface area contributed by atoms with Gasteiger partial charge in [0, 0.05) is 25.6 Å². The van der Waals surface area contributed by atoms with Crippen LogP contribution in [0.2, 0.25) is 0 Å². The average Bonchev–Trinajstić information content (AvgIpc) is 3.06. The first-order chi connectivity index (χ1) is 12.2. The minimum atomic E-state index is -0.285. The minimum Gasteiger partial charge on any atom is -0.390 e. The number of hydrogen-bond donors (Lipinski definition) is 1. The smallest absolute Gasteiger partial charge is 0.147 e. The number of nitrogens with zero attached hydrogens (tertiary/aromatic N) is 1. The van der Waals surface area contributed by atoms with Crippen molar-refractivity contribution in [2.75, 3.05) is 27.5 Å². The lowest BCUT2D eigenvalue weighted by Crippen LogP contribution is -2.63. The zero-order valence-corrected chi connectivity index (χ0v) is 15.5. The molecule has 10 atom stereocenters. The quantitative estimate of drug-likeness (QED) is 0.782. The third-order valence-electron chi connectivity index (χ3n) is 8.35. The molecule has 0 amide bonds. The SMILES string of the molecule is COC1C(O)CCC2C1CN(C)C1C3CC4OCOC4CC3CCC21. The molecule has 0 aromatic heterocycles. The van der Waals surface area contributed by atoms with Gasteiger partial charge < -0.3 is 24.2 Å². The van der Waals surface area contributed by atoms with Gasteiger partial charge in [0.25, 0.3) is 0 Å². The number of fused-ring (bicyclic) bond motifs is 6. The van der Waals surface area contributed by atoms with Gasteiger partial charge in [-0.15, -0.1) is 0 Å². The molecular weight excluding hydrogens is 318 g/mol. The molecule has 0 radical (unpaired) electrons. The lowest BCUT2D eigenvalue weighted by molar-refractivity contribution is -0.159. The zero-order valence-electron chi connectivity index (χ0n) is 15.5. The summed E-state index contributed by atoms with van der Waals surface area (Å²) >= 11 is 0. The highest BCUT2D eigenvalue weighted by Gasteiger charge is 2.56. The number of hydrogen-bond acceptors (Lipinski definition) is 5. The highest BCUT2D eigenvalue weighted by molar-refractivity contribution is 5.07. The van der Waals surface area contributed by atoms with Crippen molar-refractivity contribution < 1.29 is 19.3 Å². The maximum atomic E-state index is 10.4. The first-order valence-electron chi connectivity index (χ1n) is 10.3. The van der Waals surface area contributed by atoms with E-state index in [1.54, 1.807) is 7.11 Å². The van der Waals surface area contributed by atoms with Gasteiger partial charge in [-0.3, -0.25) is 0 Å². The second-order valence-electron chi connectivity index (χ2n) is 9.27. The molecule has 5 aliphatic rings. The van der Waals surface area contributed by atoms with Crippen LogP contribution in [0.4, 0.5) is 0 Å². The molecule has 0 aromatic carbocycles. The van der Waals surface area contributed by atoms with Crippen LogP contribution in [-0.2, 0) is 14.2 Å². The molecule has 1 N–H and O–H groups in total. The molecule has 3 aliphatic carbocycles. The summed E-state index contributed by atoms with van der Waals surface area (Å²) in [5, 5.41) is 10.4. The zero-order chi connectivity index (χ0) is 17.1. The molecular formula is C20H33NO4. The van der Waals surface area contributed by atoms with Crippen molar-refractivity contribution in [1.82, 2.24) is 4.90 Å². The van der Waals surface area contributed by atoms with Crippen LogP contribution < -0.4 is 0 Å². The third-order valence-corrected chi connectivity index (χ3v) is 8.35. The van der Waals surface area contributed by atoms with Gasteiger partial charge in [0.15, 0.2) is 0 Å². The van der Waals surface area contributed by atoms with E-state index in [1.807, 2.05) is 0 Å². The number of methoxy groups -OCH3 is 1. The van der Waals surface area contributed by atoms with E-state index in [4.69, 9.17) is 14.2 Å². The molecule has 142 valence electrons. The maximum Gasteiger partial charge on any atom is 0.147 e. The van der Waals surface area contributed by atoms with Crippen molar-refractivity contribution >= 4 is 0 Å². The monoisotopic (exact) mass is 351 g/mol. The van der Waals surface area contributed by atoms with Gasteiger partial charge in [-0.2, -0.15) is 0 Å². The van der Waals surface area contributed by atoms with Crippen LogP contribution >= 0.6 is 0 Å². The molecule has 5 rings (SSSR count). The first kappa shape index (κ1) is 16.9. The van der Waals surface area contributed by atoms with Gasteiger partial charge in [0.1, 0.15) is 6.79 Å². The van der Waals surface area contributed by atoms with Gasteiger partial charge in [-0.25, -0.2) is 0 Å². The second kappa shape index (κ2) is 6.45. The predicted octanol–water partition coefficient (Wildman–Crippen LogP) is 1.88. The largest absolute Gasteiger partial charge is 0.390 e. The van der Waals surface area contributed by atoms with Crippen LogP contribution in [0.15, 0.2) is 0 Å². The van der Waals surface area contributed by atoms with Crippen LogP contribution in [0.25, 0.3) is 0 Å². The van der Waals surface area contributed by atoms with E-state index >= 15 is 0 Å². The van der Waals surface area contributed by atoms with Crippen LogP contribution in [0, 0.1) is 29.6 Å². The fourth-order valence-electron chi connectivity index (χ4n) is 7.40. The van der Waals surface area contributed by atoms with Gasteiger partial charge >= 0.3 is 0 Å². The van der Waals surface area contributed by atoms with E-state index in [9.17, 15) is 5.11 Å². The summed E-state index contributed by atoms with van der Waals surface area (Å²) in [4.78, 5) is 2.61. The molecule has 5 fully saturated rings. The Bertz CT molecular complexity index is 502. The van der Waals surface area contributed by atoms with Gasteiger partial charge in [-0.1, -0.05) is 0 Å². The Hall–Kier alpha value is -0.200. The molecule has 25 heavy (non-hydrogen) atoms. The van der Waals surface area contributed by atoms with E-state index in [0.717, 1.165) is 30.7 Å². The molecule has 0 spiro atoms. The fraction of sp³-hybridized carbons (Fsp3) is 1.00. The van der Waals surface area contributed by atoms with Crippen molar-refractivity contribution in [2.24, 2.45) is 29.6 Å². The molecule has 2 aliphatic heterocycles. The summed E-state index contributed by atoms with van der Waals surface area (Å²) in [6, 6.07) is 0.679. The second-order valence-corrected chi connectivity index (χ2v) is 9.27. The van der Waals surface area contributed by atoms with Crippen molar-refractivity contribution in [3.8, 4) is 0 Å². The lowest BCUT2D eigenvalue weighted by Gasteiger charge is -2.59. The highest BCUT2D eigenvalue weighted by atomic mass is 16.7. The number of ether oxygens (including phenoxy) is 3. The fourth-order valence-corrected chi connectivity index (χ4v) is 7.40. The van der Waals surface area contributed by atoms with Crippen molar-refractivity contribution in [3.63, 3.8) is 0 Å². The van der Waals surface area contributed by atoms with Crippen molar-refractivity contribution in [2.45, 2.75) is 69.0 Å². The molecule has 5 nitrogen and oxygen atoms in total. The van der Waals surface area contributed by atoms with E-state index in [0.29, 0.717) is 36.9 Å². The summed E-state index contributed by atoms with van der Waals surface area (Å²) in [5.74, 6) is 3.51. The Labute approximate surface area is 151 Å². The molecule has 2 heterocycles. The van der Waals surface area contributed by atoms with Gasteiger partial charge in [0.05, 0.1) is 24.4 Å². The van der Waals surface area contributed by atoms with Crippen LogP contribution in [-0.4, -0.2) is 68.0 Å². The molecule has 5 heteroatoms. The molecule has 10 unspecified atom stereocenters. The molecule has 3 saturated carbocycles. The number of rotatable bonds is 1. The summed E-state index contributed by atoms with van der Waals surface area (Å²) in [6.45, 7) is 1.56. The Balaban J connectivity index is 1.39. The van der Waals surface area contributed by atoms with E-state index in [1.165, 1.54) is 32.1 Å². The summed E-state index contributed by atoms with van der Waals surface area (Å²) in [6.07, 6.45) is 7.53. The highest BCUT2D eigenvalue weighted by Crippen LogP contribution is 2.54. The molecule has 0 aromatic rings. The third kappa shape index (κ3) is 2.61. The summed E-state index contributed by atoms with van der Waals surface area (Å²) < 4.78 is 17.4. The van der Waals surface area contributed by atoms with Crippen LogP contribution in [0.3, 0.4) is 0 Å². The number of likely N-dealkylation sites (tertiary alicyclic amines) is 1. The number of piperidine rings is 1. The Morgan fingerprint density at radius 1 is 0.920 bits per heavy atom. The van der Waals surface area contributed by atoms with Crippen molar-refractivity contribution in [3.05, 3.63) is 0 Å². The lowest BCUT2D eigenvalue weighted by atomic mass is 9.55. The average molecular weight is 351 g/mol. The topological polar surface area (TPSA) is 51.2 Å². The number of aliphatic hydroxyl groups excluding tert-OH is 1. The summed E-state index contributed by atoms with van der Waals surface area (Å²) in [7, 11) is 4.08. The van der Waals surface area contributed by atoms with E-state index in [-0.39, 0.29) is 12.2 Å². The van der Waals surface area contributed by atoms with Crippen molar-refractivity contribution in [1.29, 1.82) is 0 Å². The van der Waals surface area contributed by atoms with E-state index in [2.05, 4.69) is 11.9 Å². The minimum absolute atomic E-state index is 0.0159.